The smallest absolute Gasteiger partial charge is 0.264 e. The van der Waals surface area contributed by atoms with Crippen LogP contribution in [0.1, 0.15) is 22.3 Å². The third-order valence-electron chi connectivity index (χ3n) is 6.81. The molecule has 4 aromatic rings. The first-order valence-corrected chi connectivity index (χ1v) is 16.3. The summed E-state index contributed by atoms with van der Waals surface area (Å²) in [5, 5.41) is 10.6. The van der Waals surface area contributed by atoms with Crippen molar-refractivity contribution in [2.24, 2.45) is 0 Å². The van der Waals surface area contributed by atoms with Crippen molar-refractivity contribution in [3.8, 4) is 0 Å². The van der Waals surface area contributed by atoms with Crippen LogP contribution in [0.4, 0.5) is 0 Å². The summed E-state index contributed by atoms with van der Waals surface area (Å²) >= 11 is 0. The van der Waals surface area contributed by atoms with Gasteiger partial charge in [-0.1, -0.05) is 121 Å². The van der Waals surface area contributed by atoms with Gasteiger partial charge in [-0.25, -0.2) is 0 Å². The van der Waals surface area contributed by atoms with E-state index in [-0.39, 0.29) is 33.0 Å². The van der Waals surface area contributed by atoms with Crippen LogP contribution in [0.2, 0.25) is 0 Å². The second-order valence-corrected chi connectivity index (χ2v) is 12.0. The van der Waals surface area contributed by atoms with Crippen molar-refractivity contribution >= 4 is 10.1 Å². The zero-order valence-corrected chi connectivity index (χ0v) is 25.6. The van der Waals surface area contributed by atoms with Gasteiger partial charge in [0.25, 0.3) is 10.1 Å². The lowest BCUT2D eigenvalue weighted by molar-refractivity contribution is -0.189. The van der Waals surface area contributed by atoms with Crippen molar-refractivity contribution in [3.63, 3.8) is 0 Å². The summed E-state index contributed by atoms with van der Waals surface area (Å²) in [5.41, 5.74) is 3.58. The van der Waals surface area contributed by atoms with Gasteiger partial charge in [0.05, 0.1) is 45.9 Å². The van der Waals surface area contributed by atoms with Gasteiger partial charge in [-0.3, -0.25) is 4.18 Å². The number of hydrogen-bond donors (Lipinski definition) is 1. The minimum Gasteiger partial charge on any atom is -0.394 e. The highest BCUT2D eigenvalue weighted by molar-refractivity contribution is 7.86. The monoisotopic (exact) mass is 620 g/mol. The zero-order chi connectivity index (χ0) is 31.0. The van der Waals surface area contributed by atoms with Crippen LogP contribution in [0.3, 0.4) is 0 Å². The van der Waals surface area contributed by atoms with E-state index >= 15 is 0 Å². The van der Waals surface area contributed by atoms with Crippen LogP contribution in [0, 0.1) is 0 Å². The summed E-state index contributed by atoms with van der Waals surface area (Å²) in [7, 11) is -3.95. The predicted molar refractivity (Wildman–Crippen MR) is 168 cm³/mol. The summed E-state index contributed by atoms with van der Waals surface area (Å²) in [5.74, 6) is 0. The number of benzene rings is 4. The molecule has 9 heteroatoms. The molecule has 0 fully saturated rings. The van der Waals surface area contributed by atoms with Crippen LogP contribution in [-0.2, 0) is 59.7 Å². The number of hydrogen-bond acceptors (Lipinski definition) is 8. The van der Waals surface area contributed by atoms with Gasteiger partial charge >= 0.3 is 0 Å². The van der Waals surface area contributed by atoms with Gasteiger partial charge in [0.2, 0.25) is 0 Å². The molecule has 0 aliphatic heterocycles. The van der Waals surface area contributed by atoms with Crippen molar-refractivity contribution < 1.29 is 36.7 Å². The predicted octanol–water partition coefficient (Wildman–Crippen LogP) is 5.30. The molecule has 0 aliphatic rings. The summed E-state index contributed by atoms with van der Waals surface area (Å²) in [6, 6.07) is 38.2. The minimum absolute atomic E-state index is 0.122. The molecular weight excluding hydrogens is 580 g/mol. The quantitative estimate of drug-likeness (QED) is 0.141. The van der Waals surface area contributed by atoms with Crippen molar-refractivity contribution in [3.05, 3.63) is 144 Å². The van der Waals surface area contributed by atoms with Gasteiger partial charge in [0, 0.05) is 0 Å². The first kappa shape index (κ1) is 33.5. The molecule has 44 heavy (non-hydrogen) atoms. The molecule has 0 spiro atoms. The van der Waals surface area contributed by atoms with E-state index in [4.69, 9.17) is 23.1 Å². The molecule has 1 N–H and O–H groups in total. The molecule has 4 rings (SSSR count). The Hall–Kier alpha value is -3.41. The number of aliphatic hydroxyl groups is 1. The lowest BCUT2D eigenvalue weighted by atomic mass is 10.0. The van der Waals surface area contributed by atoms with E-state index in [2.05, 4.69) is 0 Å². The van der Waals surface area contributed by atoms with Gasteiger partial charge in [0.1, 0.15) is 24.4 Å². The summed E-state index contributed by atoms with van der Waals surface area (Å²) in [4.78, 5) is 0. The van der Waals surface area contributed by atoms with Crippen LogP contribution in [0.25, 0.3) is 0 Å². The number of ether oxygens (including phenoxy) is 4. The molecule has 0 bridgehead atoms. The van der Waals surface area contributed by atoms with Crippen molar-refractivity contribution in [2.45, 2.75) is 50.8 Å². The van der Waals surface area contributed by atoms with Crippen molar-refractivity contribution in [1.29, 1.82) is 0 Å². The Bertz CT molecular complexity index is 1440. The zero-order valence-electron chi connectivity index (χ0n) is 24.8. The van der Waals surface area contributed by atoms with Gasteiger partial charge in [-0.2, -0.15) is 8.42 Å². The molecule has 234 valence electrons. The minimum atomic E-state index is -3.95. The Morgan fingerprint density at radius 1 is 0.545 bits per heavy atom. The maximum absolute atomic E-state index is 12.6. The largest absolute Gasteiger partial charge is 0.394 e. The van der Waals surface area contributed by atoms with Gasteiger partial charge < -0.3 is 24.1 Å². The lowest BCUT2D eigenvalue weighted by Crippen LogP contribution is -2.52. The molecule has 0 saturated carbocycles. The molecule has 0 heterocycles. The van der Waals surface area contributed by atoms with E-state index in [0.717, 1.165) is 28.5 Å². The molecule has 8 nitrogen and oxygen atoms in total. The molecule has 0 aromatic heterocycles. The molecule has 0 amide bonds. The number of rotatable bonds is 19. The fraction of sp³-hybridized carbons (Fsp3) is 0.314. The molecule has 0 aliphatic carbocycles. The van der Waals surface area contributed by atoms with Crippen molar-refractivity contribution in [2.75, 3.05) is 19.5 Å². The molecule has 0 radical (unpaired) electrons. The first-order chi connectivity index (χ1) is 21.4. The third kappa shape index (κ3) is 11.6. The fourth-order valence-electron chi connectivity index (χ4n) is 4.66. The summed E-state index contributed by atoms with van der Waals surface area (Å²) in [6.07, 6.45) is -2.98. The Balaban J connectivity index is 1.65. The molecule has 4 aromatic carbocycles. The Kier molecular flexibility index (Phi) is 13.5. The maximum Gasteiger partial charge on any atom is 0.264 e. The van der Waals surface area contributed by atoms with Crippen LogP contribution in [0.15, 0.2) is 121 Å². The second kappa shape index (κ2) is 17.8. The van der Waals surface area contributed by atoms with Gasteiger partial charge in [-0.05, 0) is 22.3 Å². The molecule has 4 atom stereocenters. The van der Waals surface area contributed by atoms with E-state index < -0.39 is 41.1 Å². The molecule has 4 unspecified atom stereocenters. The molecular formula is C35H40O8S. The average molecular weight is 621 g/mol. The van der Waals surface area contributed by atoms with Crippen LogP contribution < -0.4 is 0 Å². The summed E-state index contributed by atoms with van der Waals surface area (Å²) in [6.45, 7) is 0.204. The maximum atomic E-state index is 12.6. The lowest BCUT2D eigenvalue weighted by Gasteiger charge is -2.36. The van der Waals surface area contributed by atoms with E-state index in [9.17, 15) is 13.5 Å². The van der Waals surface area contributed by atoms with Gasteiger partial charge in [-0.15, -0.1) is 0 Å². The Morgan fingerprint density at radius 3 is 1.30 bits per heavy atom. The highest BCUT2D eigenvalue weighted by Gasteiger charge is 2.40. The van der Waals surface area contributed by atoms with E-state index in [1.54, 1.807) is 0 Å². The molecule has 0 saturated heterocycles. The van der Waals surface area contributed by atoms with Crippen LogP contribution in [-0.4, -0.2) is 57.4 Å². The van der Waals surface area contributed by atoms with Gasteiger partial charge in [0.15, 0.2) is 0 Å². The van der Waals surface area contributed by atoms with Crippen LogP contribution in [0.5, 0.6) is 0 Å². The highest BCUT2D eigenvalue weighted by Crippen LogP contribution is 2.24. The second-order valence-electron chi connectivity index (χ2n) is 10.4. The van der Waals surface area contributed by atoms with E-state index in [1.807, 2.05) is 121 Å². The normalized spacial score (nSPS) is 14.5. The Morgan fingerprint density at radius 2 is 0.909 bits per heavy atom. The van der Waals surface area contributed by atoms with E-state index in [0.29, 0.717) is 0 Å². The average Bonchev–Trinajstić information content (AvgIpc) is 3.04. The first-order valence-electron chi connectivity index (χ1n) is 14.5. The topological polar surface area (TPSA) is 101 Å². The Labute approximate surface area is 260 Å². The van der Waals surface area contributed by atoms with E-state index in [1.165, 1.54) is 0 Å². The third-order valence-corrected chi connectivity index (χ3v) is 7.40. The van der Waals surface area contributed by atoms with Crippen LogP contribution >= 0.6 is 0 Å². The number of aliphatic hydroxyl groups excluding tert-OH is 1. The standard InChI is InChI=1S/C35H40O8S/c1-44(37,38)43-33(27-39-23-28-14-6-2-7-15-28)35(42-26-31-20-12-5-13-21-31)34(41-25-30-18-10-4-11-19-30)32(22-36)40-24-29-16-8-3-9-17-29/h2-21,32-36H,22-27H2,1H3. The summed E-state index contributed by atoms with van der Waals surface area (Å²) < 4.78 is 55.8. The van der Waals surface area contributed by atoms with Crippen molar-refractivity contribution in [1.82, 2.24) is 0 Å². The SMILES string of the molecule is CS(=O)(=O)OC(COCc1ccccc1)C(OCc1ccccc1)C(OCc1ccccc1)C(CO)OCc1ccccc1. The highest BCUT2D eigenvalue weighted by atomic mass is 32.2. The fourth-order valence-corrected chi connectivity index (χ4v) is 5.27.